The Bertz CT molecular complexity index is 717. The van der Waals surface area contributed by atoms with Gasteiger partial charge in [-0.05, 0) is 35.6 Å². The monoisotopic (exact) mass is 358 g/mol. The van der Waals surface area contributed by atoms with Crippen LogP contribution in [0.4, 0.5) is 5.69 Å². The van der Waals surface area contributed by atoms with Gasteiger partial charge in [0.1, 0.15) is 0 Å². The van der Waals surface area contributed by atoms with Gasteiger partial charge in [-0.3, -0.25) is 9.00 Å². The normalized spacial score (nSPS) is 13.4. The molecule has 0 saturated heterocycles. The van der Waals surface area contributed by atoms with E-state index in [9.17, 15) is 9.00 Å². The Morgan fingerprint density at radius 2 is 1.68 bits per heavy atom. The van der Waals surface area contributed by atoms with E-state index in [4.69, 9.17) is 5.73 Å². The Morgan fingerprint density at radius 1 is 1.04 bits per heavy atom. The smallest absolute Gasteiger partial charge is 0.241 e. The highest BCUT2D eigenvalue weighted by Gasteiger charge is 2.15. The molecular formula is C20H26N2O2S. The van der Waals surface area contributed by atoms with E-state index in [0.29, 0.717) is 29.5 Å². The molecule has 0 radical (unpaired) electrons. The van der Waals surface area contributed by atoms with Gasteiger partial charge in [0.2, 0.25) is 5.91 Å². The summed E-state index contributed by atoms with van der Waals surface area (Å²) in [6.45, 7) is 4.08. The van der Waals surface area contributed by atoms with E-state index in [1.54, 1.807) is 0 Å². The molecule has 0 aliphatic rings. The molecule has 2 atom stereocenters. The van der Waals surface area contributed by atoms with Crippen LogP contribution >= 0.6 is 0 Å². The molecule has 0 aliphatic carbocycles. The van der Waals surface area contributed by atoms with Crippen molar-refractivity contribution in [2.45, 2.75) is 37.8 Å². The first-order chi connectivity index (χ1) is 11.9. The Labute approximate surface area is 152 Å². The Morgan fingerprint density at radius 3 is 2.36 bits per heavy atom. The quantitative estimate of drug-likeness (QED) is 0.759. The van der Waals surface area contributed by atoms with Gasteiger partial charge in [0.25, 0.3) is 0 Å². The lowest BCUT2D eigenvalue weighted by atomic mass is 10.0. The second-order valence-corrected chi connectivity index (χ2v) is 8.10. The number of carbonyl (C=O) groups excluding carboxylic acids is 1. The minimum atomic E-state index is -0.997. The third-order valence-electron chi connectivity index (χ3n) is 3.75. The third-order valence-corrected chi connectivity index (χ3v) is 5.07. The maximum atomic E-state index is 12.3. The number of carbonyl (C=O) groups is 1. The summed E-state index contributed by atoms with van der Waals surface area (Å²) >= 11 is 0. The summed E-state index contributed by atoms with van der Waals surface area (Å²) in [6, 6.07) is 16.7. The number of benzene rings is 2. The number of nitrogens with one attached hydrogen (secondary N) is 1. The van der Waals surface area contributed by atoms with Crippen LogP contribution in [0.3, 0.4) is 0 Å². The first-order valence-electron chi connectivity index (χ1n) is 8.48. The molecule has 0 bridgehead atoms. The van der Waals surface area contributed by atoms with Gasteiger partial charge in [-0.2, -0.15) is 0 Å². The van der Waals surface area contributed by atoms with E-state index in [1.807, 2.05) is 68.4 Å². The van der Waals surface area contributed by atoms with Crippen molar-refractivity contribution >= 4 is 22.4 Å². The van der Waals surface area contributed by atoms with Crippen LogP contribution in [0, 0.1) is 5.92 Å². The van der Waals surface area contributed by atoms with Crippen LogP contribution in [0.5, 0.6) is 0 Å². The van der Waals surface area contributed by atoms with Crippen LogP contribution in [0.15, 0.2) is 54.6 Å². The molecule has 0 fully saturated rings. The zero-order chi connectivity index (χ0) is 18.2. The van der Waals surface area contributed by atoms with Crippen LogP contribution < -0.4 is 11.1 Å². The third kappa shape index (κ3) is 6.80. The average molecular weight is 359 g/mol. The maximum absolute atomic E-state index is 12.3. The number of hydrogen-bond donors (Lipinski definition) is 2. The molecule has 4 nitrogen and oxygen atoms in total. The van der Waals surface area contributed by atoms with Gasteiger partial charge < -0.3 is 11.1 Å². The van der Waals surface area contributed by atoms with Crippen LogP contribution in [0.25, 0.3) is 0 Å². The Kier molecular flexibility index (Phi) is 7.34. The fourth-order valence-corrected chi connectivity index (χ4v) is 3.80. The topological polar surface area (TPSA) is 72.2 Å². The Hall–Kier alpha value is -1.98. The largest absolute Gasteiger partial charge is 0.325 e. The van der Waals surface area contributed by atoms with E-state index in [-0.39, 0.29) is 5.91 Å². The highest BCUT2D eigenvalue weighted by molar-refractivity contribution is 7.83. The highest BCUT2D eigenvalue weighted by Crippen LogP contribution is 2.15. The lowest BCUT2D eigenvalue weighted by Crippen LogP contribution is -2.36. The van der Waals surface area contributed by atoms with Gasteiger partial charge in [0.05, 0.1) is 6.04 Å². The van der Waals surface area contributed by atoms with E-state index in [1.165, 1.54) is 0 Å². The molecule has 25 heavy (non-hydrogen) atoms. The molecule has 1 unspecified atom stereocenters. The van der Waals surface area contributed by atoms with Gasteiger partial charge in [-0.1, -0.05) is 56.3 Å². The summed E-state index contributed by atoms with van der Waals surface area (Å²) in [7, 11) is -0.997. The molecule has 1 amide bonds. The highest BCUT2D eigenvalue weighted by atomic mass is 32.2. The molecule has 3 N–H and O–H groups in total. The number of nitrogens with two attached hydrogens (primary N) is 1. The molecule has 5 heteroatoms. The summed E-state index contributed by atoms with van der Waals surface area (Å²) < 4.78 is 12.3. The second kappa shape index (κ2) is 9.49. The van der Waals surface area contributed by atoms with Crippen molar-refractivity contribution in [1.29, 1.82) is 0 Å². The number of anilines is 1. The molecule has 2 aromatic rings. The first-order valence-corrected chi connectivity index (χ1v) is 9.97. The predicted octanol–water partition coefficient (Wildman–Crippen LogP) is 3.45. The molecule has 0 aromatic heterocycles. The fraction of sp³-hybridized carbons (Fsp3) is 0.350. The van der Waals surface area contributed by atoms with Gasteiger partial charge in [-0.25, -0.2) is 0 Å². The van der Waals surface area contributed by atoms with Gasteiger partial charge in [-0.15, -0.1) is 0 Å². The van der Waals surface area contributed by atoms with Crippen molar-refractivity contribution < 1.29 is 9.00 Å². The van der Waals surface area contributed by atoms with E-state index in [2.05, 4.69) is 5.32 Å². The molecule has 2 aromatic carbocycles. The van der Waals surface area contributed by atoms with Crippen LogP contribution in [-0.2, 0) is 27.1 Å². The minimum Gasteiger partial charge on any atom is -0.325 e. The summed E-state index contributed by atoms with van der Waals surface area (Å²) in [5.74, 6) is 1.16. The summed E-state index contributed by atoms with van der Waals surface area (Å²) in [6.07, 6.45) is 0.645. The van der Waals surface area contributed by atoms with Crippen molar-refractivity contribution in [3.05, 3.63) is 65.7 Å². The number of amides is 1. The number of rotatable bonds is 8. The molecule has 2 rings (SSSR count). The summed E-state index contributed by atoms with van der Waals surface area (Å²) in [5.41, 5.74) is 8.60. The first kappa shape index (κ1) is 19.3. The van der Waals surface area contributed by atoms with Crippen LogP contribution in [0.1, 0.15) is 31.4 Å². The van der Waals surface area contributed by atoms with E-state index in [0.717, 1.165) is 11.1 Å². The molecular weight excluding hydrogens is 332 g/mol. The molecule has 0 heterocycles. The second-order valence-electron chi connectivity index (χ2n) is 6.64. The Balaban J connectivity index is 1.94. The number of hydrogen-bond acceptors (Lipinski definition) is 3. The van der Waals surface area contributed by atoms with Crippen LogP contribution in [0.2, 0.25) is 0 Å². The lowest BCUT2D eigenvalue weighted by molar-refractivity contribution is -0.117. The standard InChI is InChI=1S/C20H26N2O2S/c1-15(2)11-19(21)20(23)22-18-10-6-9-17(12-18)14-25(24)13-16-7-4-3-5-8-16/h3-10,12,15,19H,11,13-14,21H2,1-2H3,(H,22,23)/t19-,25?/m0/s1. The zero-order valence-corrected chi connectivity index (χ0v) is 15.6. The molecule has 0 aliphatic heterocycles. The van der Waals surface area contributed by atoms with Crippen molar-refractivity contribution in [3.63, 3.8) is 0 Å². The maximum Gasteiger partial charge on any atom is 0.241 e. The van der Waals surface area contributed by atoms with Gasteiger partial charge in [0.15, 0.2) is 0 Å². The van der Waals surface area contributed by atoms with E-state index >= 15 is 0 Å². The van der Waals surface area contributed by atoms with Crippen molar-refractivity contribution in [3.8, 4) is 0 Å². The predicted molar refractivity (Wildman–Crippen MR) is 104 cm³/mol. The zero-order valence-electron chi connectivity index (χ0n) is 14.8. The SMILES string of the molecule is CC(C)C[C@H](N)C(=O)Nc1cccc(CS(=O)Cc2ccccc2)c1. The van der Waals surface area contributed by atoms with Crippen molar-refractivity contribution in [1.82, 2.24) is 0 Å². The van der Waals surface area contributed by atoms with Crippen molar-refractivity contribution in [2.24, 2.45) is 11.7 Å². The van der Waals surface area contributed by atoms with Crippen molar-refractivity contribution in [2.75, 3.05) is 5.32 Å². The van der Waals surface area contributed by atoms with E-state index < -0.39 is 16.8 Å². The molecule has 0 saturated carbocycles. The molecule has 0 spiro atoms. The molecule has 134 valence electrons. The fourth-order valence-electron chi connectivity index (χ4n) is 2.59. The van der Waals surface area contributed by atoms with Gasteiger partial charge in [0, 0.05) is 28.0 Å². The summed E-state index contributed by atoms with van der Waals surface area (Å²) in [5, 5.41) is 2.85. The minimum absolute atomic E-state index is 0.184. The summed E-state index contributed by atoms with van der Waals surface area (Å²) in [4.78, 5) is 12.1. The lowest BCUT2D eigenvalue weighted by Gasteiger charge is -2.14. The average Bonchev–Trinajstić information content (AvgIpc) is 2.55. The van der Waals surface area contributed by atoms with Gasteiger partial charge >= 0.3 is 0 Å². The van der Waals surface area contributed by atoms with Crippen LogP contribution in [-0.4, -0.2) is 16.2 Å².